The van der Waals surface area contributed by atoms with Gasteiger partial charge in [0.25, 0.3) is 0 Å². The largest absolute Gasteiger partial charge is 0.489 e. The Kier molecular flexibility index (Phi) is 5.47. The number of H-pyrrole nitrogens is 1. The van der Waals surface area contributed by atoms with Gasteiger partial charge in [-0.15, -0.1) is 5.10 Å². The van der Waals surface area contributed by atoms with E-state index >= 15 is 0 Å². The molecular formula is C26H19ClN4O2. The van der Waals surface area contributed by atoms with Gasteiger partial charge >= 0.3 is 0 Å². The standard InChI is InChI=1S/C26H19ClN4O2/c27-19-10-6-17(7-11-19)22-21(14-28)25(29)33-26-23(22)24(30-31-26)18-8-12-20(13-9-18)32-15-16-4-2-1-3-5-16/h1-13,22H,15,29H2,(H,30,31)/t22-/m0/s1. The van der Waals surface area contributed by atoms with Crippen molar-refractivity contribution >= 4 is 11.6 Å². The Morgan fingerprint density at radius 3 is 2.45 bits per heavy atom. The van der Waals surface area contributed by atoms with E-state index in [9.17, 15) is 5.26 Å². The molecule has 1 aliphatic heterocycles. The van der Waals surface area contributed by atoms with Crippen molar-refractivity contribution in [2.45, 2.75) is 12.5 Å². The lowest BCUT2D eigenvalue weighted by molar-refractivity contribution is 0.306. The fourth-order valence-electron chi connectivity index (χ4n) is 3.91. The number of nitrogens with two attached hydrogens (primary N) is 1. The Labute approximate surface area is 195 Å². The number of hydrogen-bond acceptors (Lipinski definition) is 5. The molecule has 0 spiro atoms. The number of aromatic amines is 1. The normalized spacial score (nSPS) is 14.8. The average Bonchev–Trinajstić information content (AvgIpc) is 3.27. The van der Waals surface area contributed by atoms with Crippen molar-refractivity contribution in [2.24, 2.45) is 5.73 Å². The van der Waals surface area contributed by atoms with Gasteiger partial charge in [-0.1, -0.05) is 54.1 Å². The third kappa shape index (κ3) is 4.02. The summed E-state index contributed by atoms with van der Waals surface area (Å²) in [5, 5.41) is 17.8. The first-order chi connectivity index (χ1) is 16.1. The maximum absolute atomic E-state index is 9.82. The molecule has 0 fully saturated rings. The Balaban J connectivity index is 1.48. The molecule has 0 saturated heterocycles. The molecule has 0 saturated carbocycles. The highest BCUT2D eigenvalue weighted by Crippen LogP contribution is 2.45. The van der Waals surface area contributed by atoms with Crippen LogP contribution in [0.25, 0.3) is 11.3 Å². The highest BCUT2D eigenvalue weighted by atomic mass is 35.5. The van der Waals surface area contributed by atoms with Crippen LogP contribution in [-0.4, -0.2) is 10.2 Å². The molecule has 3 N–H and O–H groups in total. The molecule has 33 heavy (non-hydrogen) atoms. The van der Waals surface area contributed by atoms with Gasteiger partial charge in [0, 0.05) is 10.6 Å². The summed E-state index contributed by atoms with van der Waals surface area (Å²) in [6, 6.07) is 27.2. The number of nitriles is 1. The van der Waals surface area contributed by atoms with Crippen LogP contribution in [0.4, 0.5) is 0 Å². The summed E-state index contributed by atoms with van der Waals surface area (Å²) in [5.41, 5.74) is 10.7. The van der Waals surface area contributed by atoms with Crippen LogP contribution in [0.15, 0.2) is 90.3 Å². The Morgan fingerprint density at radius 2 is 1.76 bits per heavy atom. The van der Waals surface area contributed by atoms with Crippen LogP contribution in [0.2, 0.25) is 5.02 Å². The predicted molar refractivity (Wildman–Crippen MR) is 126 cm³/mol. The van der Waals surface area contributed by atoms with Crippen molar-refractivity contribution in [3.8, 4) is 29.0 Å². The molecule has 1 aliphatic rings. The number of ether oxygens (including phenoxy) is 2. The predicted octanol–water partition coefficient (Wildman–Crippen LogP) is 5.53. The second kappa shape index (κ2) is 8.73. The number of rotatable bonds is 5. The number of halogens is 1. The lowest BCUT2D eigenvalue weighted by Crippen LogP contribution is -2.20. The minimum absolute atomic E-state index is 0.0488. The number of nitrogens with one attached hydrogen (secondary N) is 1. The van der Waals surface area contributed by atoms with E-state index < -0.39 is 5.92 Å². The SMILES string of the molecule is N#CC1=C(N)Oc2n[nH]c(-c3ccc(OCc4ccccc4)cc3)c2[C@H]1c1ccc(Cl)cc1. The molecule has 3 aromatic carbocycles. The highest BCUT2D eigenvalue weighted by molar-refractivity contribution is 6.30. The number of fused-ring (bicyclic) bond motifs is 1. The van der Waals surface area contributed by atoms with Crippen LogP contribution in [0.3, 0.4) is 0 Å². The monoisotopic (exact) mass is 454 g/mol. The number of benzene rings is 3. The van der Waals surface area contributed by atoms with Crippen molar-refractivity contribution in [2.75, 3.05) is 0 Å². The molecule has 1 aromatic heterocycles. The van der Waals surface area contributed by atoms with Gasteiger partial charge in [-0.3, -0.25) is 5.10 Å². The minimum Gasteiger partial charge on any atom is -0.489 e. The molecule has 5 rings (SSSR count). The fourth-order valence-corrected chi connectivity index (χ4v) is 4.04. The van der Waals surface area contributed by atoms with E-state index in [1.165, 1.54) is 0 Å². The molecular weight excluding hydrogens is 436 g/mol. The van der Waals surface area contributed by atoms with E-state index in [0.717, 1.165) is 33.7 Å². The molecule has 1 atom stereocenters. The van der Waals surface area contributed by atoms with Crippen LogP contribution < -0.4 is 15.2 Å². The lowest BCUT2D eigenvalue weighted by Gasteiger charge is -2.24. The summed E-state index contributed by atoms with van der Waals surface area (Å²) < 4.78 is 11.6. The lowest BCUT2D eigenvalue weighted by atomic mass is 9.83. The van der Waals surface area contributed by atoms with Crippen molar-refractivity contribution in [3.63, 3.8) is 0 Å². The van der Waals surface area contributed by atoms with Crippen LogP contribution in [-0.2, 0) is 6.61 Å². The minimum atomic E-state index is -0.432. The maximum Gasteiger partial charge on any atom is 0.244 e. The van der Waals surface area contributed by atoms with Gasteiger partial charge in [-0.25, -0.2) is 0 Å². The fraction of sp³-hybridized carbons (Fsp3) is 0.0769. The summed E-state index contributed by atoms with van der Waals surface area (Å²) >= 11 is 6.08. The van der Waals surface area contributed by atoms with Crippen molar-refractivity contribution in [3.05, 3.63) is 112 Å². The van der Waals surface area contributed by atoms with E-state index in [-0.39, 0.29) is 5.88 Å². The average molecular weight is 455 g/mol. The van der Waals surface area contributed by atoms with Crippen LogP contribution in [0.1, 0.15) is 22.6 Å². The zero-order valence-electron chi connectivity index (χ0n) is 17.5. The number of aromatic nitrogens is 2. The first kappa shape index (κ1) is 20.7. The third-order valence-corrected chi connectivity index (χ3v) is 5.79. The molecule has 6 nitrogen and oxygen atoms in total. The first-order valence-electron chi connectivity index (χ1n) is 10.3. The molecule has 0 radical (unpaired) electrons. The van der Waals surface area contributed by atoms with Gasteiger partial charge in [0.05, 0.1) is 17.2 Å². The second-order valence-corrected chi connectivity index (χ2v) is 8.03. The van der Waals surface area contributed by atoms with Crippen molar-refractivity contribution in [1.82, 2.24) is 10.2 Å². The zero-order chi connectivity index (χ0) is 22.8. The smallest absolute Gasteiger partial charge is 0.244 e. The van der Waals surface area contributed by atoms with Gasteiger partial charge in [0.15, 0.2) is 0 Å². The van der Waals surface area contributed by atoms with E-state index in [4.69, 9.17) is 26.8 Å². The van der Waals surface area contributed by atoms with Crippen molar-refractivity contribution in [1.29, 1.82) is 5.26 Å². The summed E-state index contributed by atoms with van der Waals surface area (Å²) in [5.74, 6) is 0.723. The molecule has 0 aliphatic carbocycles. The number of hydrogen-bond donors (Lipinski definition) is 2. The van der Waals surface area contributed by atoms with E-state index in [1.54, 1.807) is 12.1 Å². The number of allylic oxidation sites excluding steroid dienone is 1. The van der Waals surface area contributed by atoms with Gasteiger partial charge in [0.1, 0.15) is 24.0 Å². The quantitative estimate of drug-likeness (QED) is 0.413. The molecule has 0 unspecified atom stereocenters. The first-order valence-corrected chi connectivity index (χ1v) is 10.7. The van der Waals surface area contributed by atoms with Gasteiger partial charge in [0.2, 0.25) is 11.8 Å². The van der Waals surface area contributed by atoms with Crippen LogP contribution in [0, 0.1) is 11.3 Å². The third-order valence-electron chi connectivity index (χ3n) is 5.53. The summed E-state index contributed by atoms with van der Waals surface area (Å²) in [6.45, 7) is 0.488. The topological polar surface area (TPSA) is 97.0 Å². The zero-order valence-corrected chi connectivity index (χ0v) is 18.2. The summed E-state index contributed by atoms with van der Waals surface area (Å²) in [7, 11) is 0. The van der Waals surface area contributed by atoms with Gasteiger partial charge in [-0.2, -0.15) is 5.26 Å². The van der Waals surface area contributed by atoms with Crippen LogP contribution in [0.5, 0.6) is 11.6 Å². The highest BCUT2D eigenvalue weighted by Gasteiger charge is 2.35. The van der Waals surface area contributed by atoms with E-state index in [1.807, 2.05) is 66.7 Å². The van der Waals surface area contributed by atoms with Gasteiger partial charge < -0.3 is 15.2 Å². The molecule has 2 heterocycles. The maximum atomic E-state index is 9.82. The Bertz CT molecular complexity index is 1350. The Hall–Kier alpha value is -4.21. The molecule has 7 heteroatoms. The summed E-state index contributed by atoms with van der Waals surface area (Å²) in [6.07, 6.45) is 0. The van der Waals surface area contributed by atoms with E-state index in [0.29, 0.717) is 23.1 Å². The van der Waals surface area contributed by atoms with E-state index in [2.05, 4.69) is 16.3 Å². The van der Waals surface area contributed by atoms with Crippen molar-refractivity contribution < 1.29 is 9.47 Å². The van der Waals surface area contributed by atoms with Gasteiger partial charge in [-0.05, 0) is 47.5 Å². The molecule has 4 aromatic rings. The second-order valence-electron chi connectivity index (χ2n) is 7.59. The summed E-state index contributed by atoms with van der Waals surface area (Å²) in [4.78, 5) is 0. The van der Waals surface area contributed by atoms with Crippen LogP contribution >= 0.6 is 11.6 Å². The molecule has 0 amide bonds. The number of nitrogens with zero attached hydrogens (tertiary/aromatic N) is 2. The molecule has 162 valence electrons. The Morgan fingerprint density at radius 1 is 1.03 bits per heavy atom. The molecule has 0 bridgehead atoms.